The number of nitrogens with one attached hydrogen (secondary N) is 2. The van der Waals surface area contributed by atoms with E-state index in [1.807, 2.05) is 13.8 Å². The van der Waals surface area contributed by atoms with Crippen LogP contribution in [0.2, 0.25) is 0 Å². The van der Waals surface area contributed by atoms with E-state index in [1.54, 1.807) is 0 Å². The minimum atomic E-state index is 0.102. The average molecular weight is 188 g/mol. The van der Waals surface area contributed by atoms with Gasteiger partial charge in [0.15, 0.2) is 0 Å². The first-order chi connectivity index (χ1) is 6.33. The van der Waals surface area contributed by atoms with Gasteiger partial charge in [0, 0.05) is 39.3 Å². The monoisotopic (exact) mass is 188 g/mol. The predicted molar refractivity (Wildman–Crippen MR) is 51.2 cm³/mol. The van der Waals surface area contributed by atoms with Crippen molar-refractivity contribution in [1.82, 2.24) is 10.9 Å². The summed E-state index contributed by atoms with van der Waals surface area (Å²) in [4.78, 5) is 0. The summed E-state index contributed by atoms with van der Waals surface area (Å²) in [5.74, 6) is 0. The summed E-state index contributed by atoms with van der Waals surface area (Å²) in [5, 5.41) is 0. The van der Waals surface area contributed by atoms with E-state index >= 15 is 0 Å². The van der Waals surface area contributed by atoms with Crippen molar-refractivity contribution in [2.24, 2.45) is 0 Å². The van der Waals surface area contributed by atoms with E-state index in [0.717, 1.165) is 39.3 Å². The van der Waals surface area contributed by atoms with Gasteiger partial charge < -0.3 is 9.47 Å². The Balaban J connectivity index is 2.01. The van der Waals surface area contributed by atoms with Gasteiger partial charge in [-0.05, 0) is 13.8 Å². The second-order valence-corrected chi connectivity index (χ2v) is 3.23. The molecule has 0 aromatic carbocycles. The number of hydrazine groups is 1. The van der Waals surface area contributed by atoms with Crippen LogP contribution in [0.25, 0.3) is 0 Å². The lowest BCUT2D eigenvalue weighted by molar-refractivity contribution is 0.113. The molecule has 2 N–H and O–H groups in total. The molecule has 0 bridgehead atoms. The molecular formula is C9H20N2O2. The third kappa shape index (κ3) is 4.04. The third-order valence-electron chi connectivity index (χ3n) is 2.23. The molecule has 0 saturated carbocycles. The van der Waals surface area contributed by atoms with Crippen molar-refractivity contribution in [1.29, 1.82) is 0 Å². The zero-order chi connectivity index (χ0) is 9.57. The summed E-state index contributed by atoms with van der Waals surface area (Å²) in [6.07, 6.45) is 2.02. The summed E-state index contributed by atoms with van der Waals surface area (Å²) in [6.45, 7) is 7.23. The van der Waals surface area contributed by atoms with Crippen LogP contribution in [0.5, 0.6) is 0 Å². The smallest absolute Gasteiger partial charge is 0.0987 e. The zero-order valence-electron chi connectivity index (χ0n) is 8.56. The van der Waals surface area contributed by atoms with Crippen LogP contribution in [0, 0.1) is 0 Å². The quantitative estimate of drug-likeness (QED) is 0.433. The molecule has 0 radical (unpaired) electrons. The van der Waals surface area contributed by atoms with Crippen molar-refractivity contribution in [3.8, 4) is 0 Å². The molecule has 1 aliphatic rings. The van der Waals surface area contributed by atoms with E-state index in [9.17, 15) is 0 Å². The fourth-order valence-corrected chi connectivity index (χ4v) is 1.24. The first kappa shape index (κ1) is 10.9. The van der Waals surface area contributed by atoms with Gasteiger partial charge in [0.25, 0.3) is 0 Å². The van der Waals surface area contributed by atoms with Crippen molar-refractivity contribution < 1.29 is 9.47 Å². The van der Waals surface area contributed by atoms with Crippen LogP contribution < -0.4 is 10.9 Å². The first-order valence-corrected chi connectivity index (χ1v) is 5.03. The molecule has 1 saturated heterocycles. The molecule has 1 fully saturated rings. The van der Waals surface area contributed by atoms with Gasteiger partial charge >= 0.3 is 0 Å². The Morgan fingerprint density at radius 2 is 1.38 bits per heavy atom. The van der Waals surface area contributed by atoms with Crippen molar-refractivity contribution >= 4 is 0 Å². The highest BCUT2D eigenvalue weighted by atomic mass is 16.5. The minimum absolute atomic E-state index is 0.102. The summed E-state index contributed by atoms with van der Waals surface area (Å²) in [5.41, 5.74) is 6.41. The van der Waals surface area contributed by atoms with Crippen molar-refractivity contribution in [2.45, 2.75) is 32.4 Å². The van der Waals surface area contributed by atoms with Crippen LogP contribution in [0.4, 0.5) is 0 Å². The normalized spacial score (nSPS) is 18.9. The second-order valence-electron chi connectivity index (χ2n) is 3.23. The molecular weight excluding hydrogens is 168 g/mol. The highest BCUT2D eigenvalue weighted by molar-refractivity contribution is 4.93. The number of hydrogen-bond donors (Lipinski definition) is 2. The minimum Gasteiger partial charge on any atom is -0.382 e. The fraction of sp³-hybridized carbons (Fsp3) is 1.00. The molecule has 0 atom stereocenters. The van der Waals surface area contributed by atoms with Crippen LogP contribution in [0.15, 0.2) is 0 Å². The van der Waals surface area contributed by atoms with E-state index in [1.165, 1.54) is 0 Å². The predicted octanol–water partition coefficient (Wildman–Crippen LogP) is 0.644. The molecule has 1 aliphatic heterocycles. The highest BCUT2D eigenvalue weighted by Crippen LogP contribution is 2.19. The third-order valence-corrected chi connectivity index (χ3v) is 2.23. The Labute approximate surface area is 79.9 Å². The summed E-state index contributed by atoms with van der Waals surface area (Å²) >= 11 is 0. The van der Waals surface area contributed by atoms with Crippen LogP contribution >= 0.6 is 0 Å². The SMILES string of the molecule is CCOCCC1(CCOCC)NN1. The second kappa shape index (κ2) is 5.54. The van der Waals surface area contributed by atoms with E-state index in [2.05, 4.69) is 10.9 Å². The first-order valence-electron chi connectivity index (χ1n) is 5.03. The van der Waals surface area contributed by atoms with Crippen molar-refractivity contribution in [3.05, 3.63) is 0 Å². The molecule has 4 heteroatoms. The van der Waals surface area contributed by atoms with Crippen LogP contribution in [-0.4, -0.2) is 32.1 Å². The maximum Gasteiger partial charge on any atom is 0.0987 e. The molecule has 13 heavy (non-hydrogen) atoms. The lowest BCUT2D eigenvalue weighted by Gasteiger charge is -2.11. The maximum absolute atomic E-state index is 5.29. The van der Waals surface area contributed by atoms with Gasteiger partial charge in [-0.25, -0.2) is 10.9 Å². The summed E-state index contributed by atoms with van der Waals surface area (Å²) < 4.78 is 10.6. The summed E-state index contributed by atoms with van der Waals surface area (Å²) in [7, 11) is 0. The number of rotatable bonds is 8. The van der Waals surface area contributed by atoms with Crippen LogP contribution in [0.1, 0.15) is 26.7 Å². The van der Waals surface area contributed by atoms with E-state index in [0.29, 0.717) is 0 Å². The van der Waals surface area contributed by atoms with Crippen molar-refractivity contribution in [3.63, 3.8) is 0 Å². The van der Waals surface area contributed by atoms with Crippen LogP contribution in [0.3, 0.4) is 0 Å². The molecule has 0 aromatic rings. The van der Waals surface area contributed by atoms with Gasteiger partial charge in [-0.15, -0.1) is 0 Å². The van der Waals surface area contributed by atoms with Gasteiger partial charge in [0.2, 0.25) is 0 Å². The molecule has 0 spiro atoms. The largest absolute Gasteiger partial charge is 0.382 e. The Bertz CT molecular complexity index is 126. The lowest BCUT2D eigenvalue weighted by Crippen LogP contribution is -2.22. The Morgan fingerprint density at radius 1 is 0.923 bits per heavy atom. The molecule has 1 rings (SSSR count). The number of hydrogen-bond acceptors (Lipinski definition) is 4. The Morgan fingerprint density at radius 3 is 1.69 bits per heavy atom. The number of ether oxygens (including phenoxy) is 2. The molecule has 1 heterocycles. The molecule has 4 nitrogen and oxygen atoms in total. The standard InChI is InChI=1S/C9H20N2O2/c1-3-12-7-5-9(10-11-9)6-8-13-4-2/h10-11H,3-8H2,1-2H3. The van der Waals surface area contributed by atoms with E-state index in [4.69, 9.17) is 9.47 Å². The van der Waals surface area contributed by atoms with Gasteiger partial charge in [-0.1, -0.05) is 0 Å². The topological polar surface area (TPSA) is 62.3 Å². The molecule has 78 valence electrons. The van der Waals surface area contributed by atoms with Crippen LogP contribution in [-0.2, 0) is 9.47 Å². The molecule has 0 unspecified atom stereocenters. The van der Waals surface area contributed by atoms with Gasteiger partial charge in [0.05, 0.1) is 5.66 Å². The van der Waals surface area contributed by atoms with E-state index < -0.39 is 0 Å². The summed E-state index contributed by atoms with van der Waals surface area (Å²) in [6, 6.07) is 0. The Hall–Kier alpha value is -0.160. The maximum atomic E-state index is 5.29. The lowest BCUT2D eigenvalue weighted by atomic mass is 10.1. The fourth-order valence-electron chi connectivity index (χ4n) is 1.24. The zero-order valence-corrected chi connectivity index (χ0v) is 8.56. The van der Waals surface area contributed by atoms with Gasteiger partial charge in [0.1, 0.15) is 0 Å². The molecule has 0 aromatic heterocycles. The highest BCUT2D eigenvalue weighted by Gasteiger charge is 2.40. The Kier molecular flexibility index (Phi) is 4.66. The van der Waals surface area contributed by atoms with Gasteiger partial charge in [-0.3, -0.25) is 0 Å². The average Bonchev–Trinajstić information content (AvgIpc) is 2.87. The molecule has 0 aliphatic carbocycles. The van der Waals surface area contributed by atoms with Crippen molar-refractivity contribution in [2.75, 3.05) is 26.4 Å². The van der Waals surface area contributed by atoms with Gasteiger partial charge in [-0.2, -0.15) is 0 Å². The van der Waals surface area contributed by atoms with E-state index in [-0.39, 0.29) is 5.66 Å². The molecule has 0 amide bonds.